The molecule has 23 heavy (non-hydrogen) atoms. The Labute approximate surface area is 136 Å². The van der Waals surface area contributed by atoms with E-state index in [4.69, 9.17) is 5.11 Å². The fourth-order valence-electron chi connectivity index (χ4n) is 2.17. The molecule has 6 heteroatoms. The number of aryl methyl sites for hydroxylation is 1. The molecule has 1 rings (SSSR count). The zero-order valence-electron chi connectivity index (χ0n) is 13.6. The van der Waals surface area contributed by atoms with Gasteiger partial charge in [0.1, 0.15) is 0 Å². The third-order valence-corrected chi connectivity index (χ3v) is 3.46. The smallest absolute Gasteiger partial charge is 0.305 e. The second-order valence-corrected chi connectivity index (χ2v) is 5.36. The molecule has 0 radical (unpaired) electrons. The summed E-state index contributed by atoms with van der Waals surface area (Å²) in [6.07, 6.45) is 1.24. The van der Waals surface area contributed by atoms with Crippen LogP contribution in [0.1, 0.15) is 42.6 Å². The van der Waals surface area contributed by atoms with E-state index < -0.39 is 12.0 Å². The van der Waals surface area contributed by atoms with Gasteiger partial charge in [-0.15, -0.1) is 0 Å². The lowest BCUT2D eigenvalue weighted by atomic mass is 9.99. The van der Waals surface area contributed by atoms with Gasteiger partial charge >= 0.3 is 5.97 Å². The van der Waals surface area contributed by atoms with Crippen molar-refractivity contribution in [1.29, 1.82) is 0 Å². The van der Waals surface area contributed by atoms with Gasteiger partial charge in [-0.1, -0.05) is 31.2 Å². The molecule has 0 spiro atoms. The first kappa shape index (κ1) is 18.8. The molecule has 0 aliphatic heterocycles. The standard InChI is InChI=1S/C17H24N2O4/c1-3-13-5-7-14(8-6-13)17(23)15(11-16(21)22)19-10-4-9-18-12(2)20/h5-8,15,19H,3-4,9-11H2,1-2H3,(H,18,20)(H,21,22). The molecule has 1 atom stereocenters. The summed E-state index contributed by atoms with van der Waals surface area (Å²) < 4.78 is 0. The van der Waals surface area contributed by atoms with Crippen molar-refractivity contribution in [2.24, 2.45) is 0 Å². The highest BCUT2D eigenvalue weighted by atomic mass is 16.4. The van der Waals surface area contributed by atoms with Gasteiger partial charge in [0.05, 0.1) is 12.5 Å². The zero-order chi connectivity index (χ0) is 17.2. The van der Waals surface area contributed by atoms with Gasteiger partial charge in [-0.05, 0) is 24.9 Å². The van der Waals surface area contributed by atoms with Gasteiger partial charge in [0.15, 0.2) is 5.78 Å². The van der Waals surface area contributed by atoms with E-state index in [1.165, 1.54) is 6.92 Å². The third kappa shape index (κ3) is 7.06. The normalized spacial score (nSPS) is 11.7. The molecular weight excluding hydrogens is 296 g/mol. The van der Waals surface area contributed by atoms with Gasteiger partial charge in [0.25, 0.3) is 0 Å². The molecular formula is C17H24N2O4. The number of Topliss-reactive ketones (excluding diaryl/α,β-unsaturated/α-hetero) is 1. The van der Waals surface area contributed by atoms with Crippen molar-refractivity contribution in [3.05, 3.63) is 35.4 Å². The van der Waals surface area contributed by atoms with Crippen LogP contribution in [0.3, 0.4) is 0 Å². The molecule has 0 bridgehead atoms. The van der Waals surface area contributed by atoms with Crippen LogP contribution < -0.4 is 10.6 Å². The van der Waals surface area contributed by atoms with Crippen LogP contribution in [0.15, 0.2) is 24.3 Å². The van der Waals surface area contributed by atoms with Crippen LogP contribution in [0.4, 0.5) is 0 Å². The quantitative estimate of drug-likeness (QED) is 0.447. The number of benzene rings is 1. The SMILES string of the molecule is CCc1ccc(C(=O)C(CC(=O)O)NCCCNC(C)=O)cc1. The third-order valence-electron chi connectivity index (χ3n) is 3.46. The van der Waals surface area contributed by atoms with E-state index in [9.17, 15) is 14.4 Å². The number of aliphatic carboxylic acids is 1. The Balaban J connectivity index is 2.62. The summed E-state index contributed by atoms with van der Waals surface area (Å²) in [4.78, 5) is 34.2. The van der Waals surface area contributed by atoms with Crippen LogP contribution in [-0.2, 0) is 16.0 Å². The number of hydrogen-bond donors (Lipinski definition) is 3. The van der Waals surface area contributed by atoms with E-state index >= 15 is 0 Å². The number of carboxylic acids is 1. The number of hydrogen-bond acceptors (Lipinski definition) is 4. The first-order valence-corrected chi connectivity index (χ1v) is 7.76. The van der Waals surface area contributed by atoms with Crippen LogP contribution in [0, 0.1) is 0 Å². The summed E-state index contributed by atoms with van der Waals surface area (Å²) >= 11 is 0. The summed E-state index contributed by atoms with van der Waals surface area (Å²) in [6, 6.07) is 6.45. The van der Waals surface area contributed by atoms with Gasteiger partial charge in [-0.3, -0.25) is 14.4 Å². The van der Waals surface area contributed by atoms with E-state index in [1.54, 1.807) is 12.1 Å². The second-order valence-electron chi connectivity index (χ2n) is 5.36. The van der Waals surface area contributed by atoms with Gasteiger partial charge in [0, 0.05) is 19.0 Å². The minimum atomic E-state index is -1.03. The summed E-state index contributed by atoms with van der Waals surface area (Å²) in [7, 11) is 0. The maximum absolute atomic E-state index is 12.5. The van der Waals surface area contributed by atoms with Crippen molar-refractivity contribution in [2.45, 2.75) is 39.2 Å². The van der Waals surface area contributed by atoms with Crippen LogP contribution in [0.25, 0.3) is 0 Å². The summed E-state index contributed by atoms with van der Waals surface area (Å²) in [5, 5.41) is 14.6. The predicted molar refractivity (Wildman–Crippen MR) is 87.5 cm³/mol. The maximum atomic E-state index is 12.5. The molecule has 1 unspecified atom stereocenters. The minimum Gasteiger partial charge on any atom is -0.481 e. The van der Waals surface area contributed by atoms with Crippen LogP contribution >= 0.6 is 0 Å². The zero-order valence-corrected chi connectivity index (χ0v) is 13.6. The van der Waals surface area contributed by atoms with Gasteiger partial charge in [0.2, 0.25) is 5.91 Å². The maximum Gasteiger partial charge on any atom is 0.305 e. The average Bonchev–Trinajstić information content (AvgIpc) is 2.52. The minimum absolute atomic E-state index is 0.112. The van der Waals surface area contributed by atoms with E-state index in [0.29, 0.717) is 25.1 Å². The summed E-state index contributed by atoms with van der Waals surface area (Å²) in [5.74, 6) is -1.36. The summed E-state index contributed by atoms with van der Waals surface area (Å²) in [5.41, 5.74) is 1.63. The molecule has 0 saturated carbocycles. The highest BCUT2D eigenvalue weighted by Crippen LogP contribution is 2.10. The number of nitrogens with one attached hydrogen (secondary N) is 2. The largest absolute Gasteiger partial charge is 0.481 e. The first-order chi connectivity index (χ1) is 10.9. The molecule has 0 aliphatic rings. The molecule has 126 valence electrons. The fourth-order valence-corrected chi connectivity index (χ4v) is 2.17. The topological polar surface area (TPSA) is 95.5 Å². The van der Waals surface area contributed by atoms with Crippen molar-refractivity contribution in [1.82, 2.24) is 10.6 Å². The van der Waals surface area contributed by atoms with Crippen molar-refractivity contribution in [3.63, 3.8) is 0 Å². The highest BCUT2D eigenvalue weighted by Gasteiger charge is 2.22. The number of ketones is 1. The van der Waals surface area contributed by atoms with E-state index in [1.807, 2.05) is 19.1 Å². The molecule has 1 aromatic rings. The molecule has 6 nitrogen and oxygen atoms in total. The van der Waals surface area contributed by atoms with Crippen molar-refractivity contribution in [3.8, 4) is 0 Å². The Morgan fingerprint density at radius 3 is 2.30 bits per heavy atom. The van der Waals surface area contributed by atoms with Gasteiger partial charge in [-0.2, -0.15) is 0 Å². The Morgan fingerprint density at radius 2 is 1.78 bits per heavy atom. The number of rotatable bonds is 10. The van der Waals surface area contributed by atoms with Gasteiger partial charge in [-0.25, -0.2) is 0 Å². The van der Waals surface area contributed by atoms with Crippen molar-refractivity contribution in [2.75, 3.05) is 13.1 Å². The Kier molecular flexibility index (Phi) is 7.97. The molecule has 1 amide bonds. The van der Waals surface area contributed by atoms with E-state index in [2.05, 4.69) is 10.6 Å². The molecule has 0 aromatic heterocycles. The van der Waals surface area contributed by atoms with Crippen LogP contribution in [0.2, 0.25) is 0 Å². The molecule has 0 fully saturated rings. The molecule has 0 saturated heterocycles. The number of amides is 1. The molecule has 3 N–H and O–H groups in total. The number of carbonyl (C=O) groups is 3. The van der Waals surface area contributed by atoms with Crippen LogP contribution in [-0.4, -0.2) is 41.9 Å². The van der Waals surface area contributed by atoms with E-state index in [0.717, 1.165) is 12.0 Å². The lowest BCUT2D eigenvalue weighted by Gasteiger charge is -2.16. The van der Waals surface area contributed by atoms with Crippen LogP contribution in [0.5, 0.6) is 0 Å². The molecule has 0 heterocycles. The Bertz CT molecular complexity index is 540. The Hall–Kier alpha value is -2.21. The molecule has 1 aromatic carbocycles. The Morgan fingerprint density at radius 1 is 1.13 bits per heavy atom. The lowest BCUT2D eigenvalue weighted by molar-refractivity contribution is -0.137. The lowest BCUT2D eigenvalue weighted by Crippen LogP contribution is -2.40. The highest BCUT2D eigenvalue weighted by molar-refractivity contribution is 6.01. The average molecular weight is 320 g/mol. The fraction of sp³-hybridized carbons (Fsp3) is 0.471. The number of carboxylic acid groups (broad SMARTS) is 1. The first-order valence-electron chi connectivity index (χ1n) is 7.76. The van der Waals surface area contributed by atoms with E-state index in [-0.39, 0.29) is 18.1 Å². The van der Waals surface area contributed by atoms with Crippen molar-refractivity contribution < 1.29 is 19.5 Å². The number of carbonyl (C=O) groups excluding carboxylic acids is 2. The van der Waals surface area contributed by atoms with Crippen molar-refractivity contribution >= 4 is 17.7 Å². The van der Waals surface area contributed by atoms with Gasteiger partial charge < -0.3 is 15.7 Å². The predicted octanol–water partition coefficient (Wildman–Crippen LogP) is 1.39. The monoisotopic (exact) mass is 320 g/mol. The second kappa shape index (κ2) is 9.74. The molecule has 0 aliphatic carbocycles. The summed E-state index contributed by atoms with van der Waals surface area (Å²) in [6.45, 7) is 4.41.